The van der Waals surface area contributed by atoms with E-state index in [1.54, 1.807) is 0 Å². The summed E-state index contributed by atoms with van der Waals surface area (Å²) in [5.74, 6) is -0.175. The largest absolute Gasteiger partial charge is 0.326 e. The Kier molecular flexibility index (Phi) is 6.66. The molecule has 0 saturated carbocycles. The summed E-state index contributed by atoms with van der Waals surface area (Å²) in [6.45, 7) is 3.89. The molecule has 3 aromatic rings. The van der Waals surface area contributed by atoms with Crippen molar-refractivity contribution in [3.63, 3.8) is 0 Å². The molecule has 0 unspecified atom stereocenters. The van der Waals surface area contributed by atoms with Crippen molar-refractivity contribution in [2.24, 2.45) is 5.14 Å². The van der Waals surface area contributed by atoms with Crippen molar-refractivity contribution in [2.75, 3.05) is 5.32 Å². The summed E-state index contributed by atoms with van der Waals surface area (Å²) in [7, 11) is -3.76. The number of carbonyl (C=O) groups is 1. The summed E-state index contributed by atoms with van der Waals surface area (Å²) < 4.78 is 22.7. The van der Waals surface area contributed by atoms with Gasteiger partial charge >= 0.3 is 0 Å². The van der Waals surface area contributed by atoms with Crippen molar-refractivity contribution in [1.29, 1.82) is 0 Å². The number of hydrogen-bond acceptors (Lipinski definition) is 3. The van der Waals surface area contributed by atoms with E-state index in [-0.39, 0.29) is 22.9 Å². The molecular formula is C23H26N3O3S+. The molecule has 3 rings (SSSR count). The number of primary sulfonamides is 1. The van der Waals surface area contributed by atoms with Gasteiger partial charge in [0.25, 0.3) is 5.91 Å². The molecule has 3 aromatic carbocycles. The number of hydrogen-bond donors (Lipinski definition) is 3. The van der Waals surface area contributed by atoms with Gasteiger partial charge in [-0.15, -0.1) is 0 Å². The number of sulfonamides is 1. The number of anilines is 1. The molecule has 0 saturated heterocycles. The molecule has 0 aliphatic carbocycles. The third kappa shape index (κ3) is 5.54. The Hall–Kier alpha value is -3.00. The van der Waals surface area contributed by atoms with Crippen LogP contribution in [0.5, 0.6) is 0 Å². The molecular weight excluding hydrogens is 398 g/mol. The second-order valence-corrected chi connectivity index (χ2v) is 8.90. The standard InChI is InChI=1S/C23H25N3O3S/c1-16-8-10-19(11-9-16)22(18-6-4-3-5-7-18)25-17(2)23(27)26-20-12-14-21(15-13-20)30(24,28)29/h3-15,17,22,25H,1-2H3,(H,26,27)(H2,24,28,29)/p+1/t17-,22-/m1/s1. The van der Waals surface area contributed by atoms with Crippen LogP contribution in [-0.2, 0) is 14.8 Å². The first-order valence-electron chi connectivity index (χ1n) is 9.64. The zero-order chi connectivity index (χ0) is 21.7. The van der Waals surface area contributed by atoms with Gasteiger partial charge in [0.15, 0.2) is 6.04 Å². The summed E-state index contributed by atoms with van der Waals surface area (Å²) in [5.41, 5.74) is 3.92. The number of rotatable bonds is 7. The zero-order valence-electron chi connectivity index (χ0n) is 16.9. The van der Waals surface area contributed by atoms with Crippen LogP contribution < -0.4 is 15.8 Å². The van der Waals surface area contributed by atoms with Crippen LogP contribution in [0.4, 0.5) is 5.69 Å². The fourth-order valence-corrected chi connectivity index (χ4v) is 3.72. The van der Waals surface area contributed by atoms with Crippen LogP contribution in [0.2, 0.25) is 0 Å². The van der Waals surface area contributed by atoms with E-state index in [2.05, 4.69) is 41.7 Å². The quantitative estimate of drug-likeness (QED) is 0.542. The number of aryl methyl sites for hydroxylation is 1. The Morgan fingerprint density at radius 1 is 0.900 bits per heavy atom. The molecule has 0 heterocycles. The predicted octanol–water partition coefficient (Wildman–Crippen LogP) is 2.32. The average molecular weight is 425 g/mol. The van der Waals surface area contributed by atoms with Crippen molar-refractivity contribution in [3.05, 3.63) is 95.6 Å². The molecule has 0 aromatic heterocycles. The predicted molar refractivity (Wildman–Crippen MR) is 117 cm³/mol. The highest BCUT2D eigenvalue weighted by Crippen LogP contribution is 2.19. The SMILES string of the molecule is Cc1ccc([C@H]([NH2+][C@H](C)C(=O)Nc2ccc(S(N)(=O)=O)cc2)c2ccccc2)cc1. The minimum Gasteiger partial charge on any atom is -0.326 e. The topological polar surface area (TPSA) is 106 Å². The Balaban J connectivity index is 1.75. The molecule has 2 atom stereocenters. The van der Waals surface area contributed by atoms with E-state index in [0.29, 0.717) is 5.69 Å². The maximum Gasteiger partial charge on any atom is 0.282 e. The summed E-state index contributed by atoms with van der Waals surface area (Å²) in [5, 5.41) is 9.96. The number of benzene rings is 3. The van der Waals surface area contributed by atoms with Crippen molar-refractivity contribution >= 4 is 21.6 Å². The lowest BCUT2D eigenvalue weighted by molar-refractivity contribution is -0.704. The first kappa shape index (κ1) is 21.7. The molecule has 5 N–H and O–H groups in total. The average Bonchev–Trinajstić information content (AvgIpc) is 2.73. The fourth-order valence-electron chi connectivity index (χ4n) is 3.21. The molecule has 0 fully saturated rings. The Morgan fingerprint density at radius 2 is 1.47 bits per heavy atom. The highest BCUT2D eigenvalue weighted by Gasteiger charge is 2.25. The summed E-state index contributed by atoms with van der Waals surface area (Å²) >= 11 is 0. The highest BCUT2D eigenvalue weighted by atomic mass is 32.2. The van der Waals surface area contributed by atoms with Crippen molar-refractivity contribution in [2.45, 2.75) is 30.8 Å². The number of quaternary nitrogens is 1. The van der Waals surface area contributed by atoms with E-state index in [1.165, 1.54) is 29.8 Å². The van der Waals surface area contributed by atoms with Gasteiger partial charge in [-0.2, -0.15) is 0 Å². The monoisotopic (exact) mass is 424 g/mol. The summed E-state index contributed by atoms with van der Waals surface area (Å²) in [4.78, 5) is 12.8. The number of carbonyl (C=O) groups excluding carboxylic acids is 1. The van der Waals surface area contributed by atoms with E-state index in [1.807, 2.05) is 37.4 Å². The third-order valence-electron chi connectivity index (χ3n) is 4.94. The van der Waals surface area contributed by atoms with Crippen molar-refractivity contribution in [3.8, 4) is 0 Å². The van der Waals surface area contributed by atoms with E-state index in [9.17, 15) is 13.2 Å². The normalized spacial score (nSPS) is 13.4. The Bertz CT molecular complexity index is 1100. The molecule has 0 bridgehead atoms. The van der Waals surface area contributed by atoms with Crippen LogP contribution in [0, 0.1) is 6.92 Å². The van der Waals surface area contributed by atoms with Crippen LogP contribution in [0.3, 0.4) is 0 Å². The van der Waals surface area contributed by atoms with Crippen LogP contribution in [0.1, 0.15) is 29.7 Å². The lowest BCUT2D eigenvalue weighted by Crippen LogP contribution is -2.92. The zero-order valence-corrected chi connectivity index (χ0v) is 17.8. The van der Waals surface area contributed by atoms with Gasteiger partial charge in [-0.05, 0) is 38.1 Å². The number of nitrogens with one attached hydrogen (secondary N) is 1. The van der Waals surface area contributed by atoms with Crippen LogP contribution in [-0.4, -0.2) is 20.4 Å². The fraction of sp³-hybridized carbons (Fsp3) is 0.174. The van der Waals surface area contributed by atoms with E-state index in [4.69, 9.17) is 5.14 Å². The van der Waals surface area contributed by atoms with Crippen LogP contribution in [0.25, 0.3) is 0 Å². The maximum atomic E-state index is 12.8. The molecule has 1 amide bonds. The third-order valence-corrected chi connectivity index (χ3v) is 5.87. The second-order valence-electron chi connectivity index (χ2n) is 7.34. The minimum absolute atomic E-state index is 0.00335. The van der Waals surface area contributed by atoms with Gasteiger partial charge in [-0.1, -0.05) is 60.2 Å². The van der Waals surface area contributed by atoms with Crippen molar-refractivity contribution in [1.82, 2.24) is 0 Å². The van der Waals surface area contributed by atoms with Gasteiger partial charge in [-0.3, -0.25) is 4.79 Å². The second kappa shape index (κ2) is 9.21. The van der Waals surface area contributed by atoms with E-state index in [0.717, 1.165) is 11.1 Å². The molecule has 6 nitrogen and oxygen atoms in total. The minimum atomic E-state index is -3.76. The van der Waals surface area contributed by atoms with Gasteiger partial charge in [0.1, 0.15) is 6.04 Å². The van der Waals surface area contributed by atoms with Gasteiger partial charge in [0, 0.05) is 16.8 Å². The lowest BCUT2D eigenvalue weighted by atomic mass is 9.97. The summed E-state index contributed by atoms with van der Waals surface area (Å²) in [6, 6.07) is 23.7. The lowest BCUT2D eigenvalue weighted by Gasteiger charge is -2.21. The van der Waals surface area contributed by atoms with Gasteiger partial charge in [0.2, 0.25) is 10.0 Å². The van der Waals surface area contributed by atoms with Gasteiger partial charge in [0.05, 0.1) is 4.90 Å². The smallest absolute Gasteiger partial charge is 0.282 e. The van der Waals surface area contributed by atoms with Gasteiger partial charge < -0.3 is 10.6 Å². The Labute approximate surface area is 177 Å². The number of nitrogens with two attached hydrogens (primary N) is 2. The molecule has 0 aliphatic rings. The molecule has 30 heavy (non-hydrogen) atoms. The van der Waals surface area contributed by atoms with Crippen LogP contribution in [0.15, 0.2) is 83.8 Å². The van der Waals surface area contributed by atoms with Crippen LogP contribution >= 0.6 is 0 Å². The Morgan fingerprint density at radius 3 is 2.03 bits per heavy atom. The van der Waals surface area contributed by atoms with Crippen molar-refractivity contribution < 1.29 is 18.5 Å². The van der Waals surface area contributed by atoms with Gasteiger partial charge in [-0.25, -0.2) is 13.6 Å². The van der Waals surface area contributed by atoms with E-state index < -0.39 is 10.0 Å². The first-order chi connectivity index (χ1) is 14.2. The van der Waals surface area contributed by atoms with E-state index >= 15 is 0 Å². The summed E-state index contributed by atoms with van der Waals surface area (Å²) in [6.07, 6.45) is 0. The molecule has 156 valence electrons. The molecule has 7 heteroatoms. The maximum absolute atomic E-state index is 12.8. The molecule has 0 aliphatic heterocycles. The number of amides is 1. The molecule has 0 radical (unpaired) electrons. The first-order valence-corrected chi connectivity index (χ1v) is 11.2. The highest BCUT2D eigenvalue weighted by molar-refractivity contribution is 7.89. The molecule has 0 spiro atoms.